The fourth-order valence-electron chi connectivity index (χ4n) is 5.00. The van der Waals surface area contributed by atoms with Crippen LogP contribution in [0.25, 0.3) is 5.69 Å². The van der Waals surface area contributed by atoms with E-state index in [1.165, 1.54) is 10.7 Å². The van der Waals surface area contributed by atoms with Gasteiger partial charge in [-0.15, -0.1) is 0 Å². The standard InChI is InChI=1S/C26H24F5N3O3S/c27-17-4-7-20(8-5-17)38(36,37)23-12-18(28)11-21(23)22(35)9-3-16-14-34(33-25(16)15-1-2-15)19-6-10-24(32-13-19)26(29,30)31/h4-8,10,13-15,18,21,23H,1-3,9,11-12H2/t18-,21+,23?/m1/s1. The molecule has 6 nitrogen and oxygen atoms in total. The molecule has 0 amide bonds. The quantitative estimate of drug-likeness (QED) is 0.276. The van der Waals surface area contributed by atoms with Crippen molar-refractivity contribution in [3.05, 3.63) is 71.6 Å². The van der Waals surface area contributed by atoms with Crippen LogP contribution >= 0.6 is 0 Å². The first-order chi connectivity index (χ1) is 17.9. The third kappa shape index (κ3) is 5.36. The second-order valence-electron chi connectivity index (χ2n) is 9.84. The van der Waals surface area contributed by atoms with E-state index < -0.39 is 44.9 Å². The maximum Gasteiger partial charge on any atom is 0.433 e. The van der Waals surface area contributed by atoms with E-state index in [1.807, 2.05) is 0 Å². The molecule has 2 aliphatic rings. The molecule has 38 heavy (non-hydrogen) atoms. The summed E-state index contributed by atoms with van der Waals surface area (Å²) >= 11 is 0. The van der Waals surface area contributed by atoms with Gasteiger partial charge < -0.3 is 0 Å². The van der Waals surface area contributed by atoms with Crippen LogP contribution in [0.15, 0.2) is 53.7 Å². The number of hydrogen-bond donors (Lipinski definition) is 0. The number of carbonyl (C=O) groups is 1. The Morgan fingerprint density at radius 3 is 2.37 bits per heavy atom. The molecule has 0 spiro atoms. The molecule has 0 saturated heterocycles. The first-order valence-electron chi connectivity index (χ1n) is 12.2. The topological polar surface area (TPSA) is 81.9 Å². The molecule has 0 bridgehead atoms. The molecule has 0 aliphatic heterocycles. The highest BCUT2D eigenvalue weighted by atomic mass is 32.2. The minimum atomic E-state index is -4.56. The zero-order chi connectivity index (χ0) is 27.2. The van der Waals surface area contributed by atoms with E-state index in [0.717, 1.165) is 60.6 Å². The van der Waals surface area contributed by atoms with E-state index >= 15 is 0 Å². The number of halogens is 5. The van der Waals surface area contributed by atoms with Crippen molar-refractivity contribution >= 4 is 15.6 Å². The Balaban J connectivity index is 1.33. The van der Waals surface area contributed by atoms with Crippen molar-refractivity contribution in [2.24, 2.45) is 5.92 Å². The lowest BCUT2D eigenvalue weighted by molar-refractivity contribution is -0.141. The summed E-state index contributed by atoms with van der Waals surface area (Å²) in [7, 11) is -4.05. The van der Waals surface area contributed by atoms with Gasteiger partial charge >= 0.3 is 6.18 Å². The molecule has 2 fully saturated rings. The Labute approximate surface area is 215 Å². The summed E-state index contributed by atoms with van der Waals surface area (Å²) in [5.41, 5.74) is 0.782. The fraction of sp³-hybridized carbons (Fsp3) is 0.423. The van der Waals surface area contributed by atoms with Gasteiger partial charge in [-0.2, -0.15) is 18.3 Å². The number of aryl methyl sites for hydroxylation is 1. The zero-order valence-corrected chi connectivity index (χ0v) is 20.9. The number of ketones is 1. The minimum Gasteiger partial charge on any atom is -0.299 e. The van der Waals surface area contributed by atoms with Crippen molar-refractivity contribution in [2.45, 2.75) is 66.9 Å². The van der Waals surface area contributed by atoms with Gasteiger partial charge in [0.25, 0.3) is 0 Å². The number of carbonyl (C=O) groups excluding carboxylic acids is 1. The van der Waals surface area contributed by atoms with E-state index in [1.54, 1.807) is 6.20 Å². The summed E-state index contributed by atoms with van der Waals surface area (Å²) in [6, 6.07) is 6.38. The molecule has 202 valence electrons. The second kappa shape index (κ2) is 9.87. The molecule has 3 atom stereocenters. The summed E-state index contributed by atoms with van der Waals surface area (Å²) in [4.78, 5) is 16.5. The van der Waals surface area contributed by atoms with Crippen molar-refractivity contribution in [2.75, 3.05) is 0 Å². The molecule has 0 N–H and O–H groups in total. The Morgan fingerprint density at radius 2 is 1.76 bits per heavy atom. The number of pyridine rings is 1. The highest BCUT2D eigenvalue weighted by molar-refractivity contribution is 7.92. The predicted molar refractivity (Wildman–Crippen MR) is 127 cm³/mol. The molecule has 0 radical (unpaired) electrons. The van der Waals surface area contributed by atoms with Gasteiger partial charge in [0.2, 0.25) is 0 Å². The number of benzene rings is 1. The summed E-state index contributed by atoms with van der Waals surface area (Å²) < 4.78 is 93.9. The van der Waals surface area contributed by atoms with Crippen LogP contribution in [0.5, 0.6) is 0 Å². The lowest BCUT2D eigenvalue weighted by Gasteiger charge is -2.19. The average Bonchev–Trinajstić information content (AvgIpc) is 3.50. The van der Waals surface area contributed by atoms with Crippen LogP contribution in [0, 0.1) is 11.7 Å². The molecular formula is C26H24F5N3O3S. The van der Waals surface area contributed by atoms with Crippen LogP contribution in [0.2, 0.25) is 0 Å². The van der Waals surface area contributed by atoms with Crippen molar-refractivity contribution in [3.63, 3.8) is 0 Å². The SMILES string of the molecule is O=C(CCc1cn(-c2ccc(C(F)(F)F)nc2)nc1C1CC1)[C@@H]1C[C@@H](F)CC1S(=O)(=O)c1ccc(F)cc1. The minimum absolute atomic E-state index is 0.0382. The molecule has 2 saturated carbocycles. The van der Waals surface area contributed by atoms with Crippen LogP contribution < -0.4 is 0 Å². The van der Waals surface area contributed by atoms with Crippen molar-refractivity contribution < 1.29 is 35.2 Å². The number of sulfone groups is 1. The van der Waals surface area contributed by atoms with Gasteiger partial charge in [0, 0.05) is 24.5 Å². The Bertz CT molecular complexity index is 1430. The third-order valence-electron chi connectivity index (χ3n) is 7.13. The average molecular weight is 554 g/mol. The first kappa shape index (κ1) is 26.5. The van der Waals surface area contributed by atoms with E-state index in [-0.39, 0.29) is 42.3 Å². The zero-order valence-electron chi connectivity index (χ0n) is 20.0. The first-order valence-corrected chi connectivity index (χ1v) is 13.8. The van der Waals surface area contributed by atoms with Crippen molar-refractivity contribution in [3.8, 4) is 5.69 Å². The van der Waals surface area contributed by atoms with Gasteiger partial charge in [0.05, 0.1) is 27.7 Å². The number of Topliss-reactive ketones (excluding diaryl/α,β-unsaturated/α-hetero) is 1. The van der Waals surface area contributed by atoms with Crippen LogP contribution in [0.3, 0.4) is 0 Å². The molecule has 1 aromatic carbocycles. The maximum absolute atomic E-state index is 14.4. The highest BCUT2D eigenvalue weighted by Gasteiger charge is 2.46. The predicted octanol–water partition coefficient (Wildman–Crippen LogP) is 5.39. The van der Waals surface area contributed by atoms with Crippen LogP contribution in [0.4, 0.5) is 22.0 Å². The normalized spacial score (nSPS) is 22.1. The molecule has 2 aromatic heterocycles. The van der Waals surface area contributed by atoms with Crippen molar-refractivity contribution in [1.29, 1.82) is 0 Å². The lowest BCUT2D eigenvalue weighted by atomic mass is 9.96. The summed E-state index contributed by atoms with van der Waals surface area (Å²) in [5.74, 6) is -1.84. The van der Waals surface area contributed by atoms with Gasteiger partial charge in [0.15, 0.2) is 9.84 Å². The Kier molecular flexibility index (Phi) is 6.87. The van der Waals surface area contributed by atoms with Gasteiger partial charge in [-0.05, 0) is 74.1 Å². The molecule has 1 unspecified atom stereocenters. The monoisotopic (exact) mass is 553 g/mol. The molecule has 3 aromatic rings. The highest BCUT2D eigenvalue weighted by Crippen LogP contribution is 2.42. The van der Waals surface area contributed by atoms with E-state index in [2.05, 4.69) is 10.1 Å². The van der Waals surface area contributed by atoms with Gasteiger partial charge in [0.1, 0.15) is 23.5 Å². The number of rotatable bonds is 8. The van der Waals surface area contributed by atoms with Gasteiger partial charge in [-0.25, -0.2) is 26.9 Å². The second-order valence-corrected chi connectivity index (χ2v) is 12.0. The largest absolute Gasteiger partial charge is 0.433 e. The molecule has 2 aliphatic carbocycles. The third-order valence-corrected chi connectivity index (χ3v) is 9.38. The summed E-state index contributed by atoms with van der Waals surface area (Å²) in [6.45, 7) is 0. The number of aromatic nitrogens is 3. The van der Waals surface area contributed by atoms with Crippen molar-refractivity contribution in [1.82, 2.24) is 14.8 Å². The van der Waals surface area contributed by atoms with Crippen LogP contribution in [-0.4, -0.2) is 40.4 Å². The number of nitrogens with zero attached hydrogens (tertiary/aromatic N) is 3. The number of alkyl halides is 4. The summed E-state index contributed by atoms with van der Waals surface area (Å²) in [5, 5.41) is 3.28. The number of hydrogen-bond acceptors (Lipinski definition) is 5. The van der Waals surface area contributed by atoms with E-state index in [9.17, 15) is 35.2 Å². The maximum atomic E-state index is 14.4. The van der Waals surface area contributed by atoms with E-state index in [4.69, 9.17) is 0 Å². The molecule has 2 heterocycles. The fourth-order valence-corrected chi connectivity index (χ4v) is 7.02. The van der Waals surface area contributed by atoms with Gasteiger partial charge in [-0.1, -0.05) is 0 Å². The molecular weight excluding hydrogens is 529 g/mol. The molecule has 12 heteroatoms. The summed E-state index contributed by atoms with van der Waals surface area (Å²) in [6.07, 6.45) is -1.80. The van der Waals surface area contributed by atoms with Crippen LogP contribution in [0.1, 0.15) is 55.0 Å². The molecule has 5 rings (SSSR count). The van der Waals surface area contributed by atoms with Crippen LogP contribution in [-0.2, 0) is 27.2 Å². The Morgan fingerprint density at radius 1 is 1.05 bits per heavy atom. The smallest absolute Gasteiger partial charge is 0.299 e. The Hall–Kier alpha value is -3.15. The van der Waals surface area contributed by atoms with Gasteiger partial charge in [-0.3, -0.25) is 4.79 Å². The van der Waals surface area contributed by atoms with E-state index in [0.29, 0.717) is 5.69 Å². The lowest BCUT2D eigenvalue weighted by Crippen LogP contribution is -2.31.